The van der Waals surface area contributed by atoms with E-state index in [0.717, 1.165) is 34.2 Å². The zero-order chi connectivity index (χ0) is 21.1. The minimum atomic E-state index is -0.704. The molecule has 2 N–H and O–H groups in total. The molecule has 2 heterocycles. The number of hydrogen-bond donors (Lipinski definition) is 1. The Morgan fingerprint density at radius 3 is 1.45 bits per heavy atom. The maximum Gasteiger partial charge on any atom is 0.134 e. The van der Waals surface area contributed by atoms with Gasteiger partial charge in [0.1, 0.15) is 23.0 Å². The van der Waals surface area contributed by atoms with Gasteiger partial charge in [-0.15, -0.1) is 23.6 Å². The summed E-state index contributed by atoms with van der Waals surface area (Å²) in [6.07, 6.45) is 2.75. The van der Waals surface area contributed by atoms with Gasteiger partial charge >= 0.3 is 0 Å². The van der Waals surface area contributed by atoms with Gasteiger partial charge in [-0.1, -0.05) is 29.3 Å². The molecular formula is C25H22BrCl2NO2. The van der Waals surface area contributed by atoms with Gasteiger partial charge in [0.05, 0.1) is 0 Å². The van der Waals surface area contributed by atoms with Crippen molar-refractivity contribution in [1.82, 2.24) is 0 Å². The highest BCUT2D eigenvalue weighted by molar-refractivity contribution is 8.93. The molecular weight excluding hydrogens is 497 g/mol. The quantitative estimate of drug-likeness (QED) is 0.254. The van der Waals surface area contributed by atoms with E-state index >= 15 is 0 Å². The Bertz CT molecular complexity index is 1060. The number of nitrogens with two attached hydrogens (primary N) is 1. The van der Waals surface area contributed by atoms with Crippen LogP contribution in [0, 0.1) is 0 Å². The lowest BCUT2D eigenvalue weighted by molar-refractivity contribution is 0.408. The SMILES string of the molecule is Br.C=CC(N)(Cc1ccc(-c2ccc(Cl)cc2)o1)Cc1ccc(-c2ccc(Cl)cc2)o1. The zero-order valence-corrected chi connectivity index (χ0v) is 19.9. The molecule has 4 rings (SSSR count). The van der Waals surface area contributed by atoms with Crippen molar-refractivity contribution in [3.63, 3.8) is 0 Å². The van der Waals surface area contributed by atoms with E-state index in [0.29, 0.717) is 22.9 Å². The molecule has 0 spiro atoms. The maximum absolute atomic E-state index is 6.62. The van der Waals surface area contributed by atoms with Crippen LogP contribution >= 0.6 is 40.2 Å². The Balaban J connectivity index is 0.00000272. The van der Waals surface area contributed by atoms with Crippen LogP contribution in [0.3, 0.4) is 0 Å². The van der Waals surface area contributed by atoms with Gasteiger partial charge in [0, 0.05) is 39.6 Å². The number of furan rings is 2. The molecule has 0 atom stereocenters. The molecule has 0 saturated heterocycles. The summed E-state index contributed by atoms with van der Waals surface area (Å²) >= 11 is 11.9. The van der Waals surface area contributed by atoms with Crippen LogP contribution in [0.15, 0.2) is 94.3 Å². The molecule has 0 saturated carbocycles. The van der Waals surface area contributed by atoms with E-state index in [4.69, 9.17) is 37.8 Å². The smallest absolute Gasteiger partial charge is 0.134 e. The second-order valence-electron chi connectivity index (χ2n) is 7.34. The van der Waals surface area contributed by atoms with Gasteiger partial charge in [-0.3, -0.25) is 0 Å². The van der Waals surface area contributed by atoms with Crippen LogP contribution in [0.4, 0.5) is 0 Å². The van der Waals surface area contributed by atoms with E-state index in [-0.39, 0.29) is 17.0 Å². The summed E-state index contributed by atoms with van der Waals surface area (Å²) in [6.45, 7) is 3.94. The molecule has 0 bridgehead atoms. The van der Waals surface area contributed by atoms with E-state index in [1.54, 1.807) is 6.08 Å². The first-order chi connectivity index (χ1) is 14.4. The Morgan fingerprint density at radius 1 is 0.710 bits per heavy atom. The van der Waals surface area contributed by atoms with Crippen molar-refractivity contribution in [3.8, 4) is 22.6 Å². The molecule has 3 nitrogen and oxygen atoms in total. The van der Waals surface area contributed by atoms with Gasteiger partial charge in [0.15, 0.2) is 0 Å². The van der Waals surface area contributed by atoms with Crippen molar-refractivity contribution in [3.05, 3.63) is 107 Å². The highest BCUT2D eigenvalue weighted by Gasteiger charge is 2.26. The summed E-state index contributed by atoms with van der Waals surface area (Å²) in [7, 11) is 0. The van der Waals surface area contributed by atoms with Crippen LogP contribution in [-0.4, -0.2) is 5.54 Å². The Kier molecular flexibility index (Phi) is 7.50. The molecule has 160 valence electrons. The fourth-order valence-electron chi connectivity index (χ4n) is 3.34. The lowest BCUT2D eigenvalue weighted by Gasteiger charge is -2.23. The number of halogens is 3. The van der Waals surface area contributed by atoms with E-state index < -0.39 is 5.54 Å². The van der Waals surface area contributed by atoms with Crippen LogP contribution < -0.4 is 5.73 Å². The average Bonchev–Trinajstić information content (AvgIpc) is 3.39. The Morgan fingerprint density at radius 2 is 1.10 bits per heavy atom. The van der Waals surface area contributed by atoms with Crippen LogP contribution in [0.25, 0.3) is 22.6 Å². The minimum absolute atomic E-state index is 0. The average molecular weight is 519 g/mol. The lowest BCUT2D eigenvalue weighted by atomic mass is 9.90. The van der Waals surface area contributed by atoms with Crippen molar-refractivity contribution in [2.24, 2.45) is 5.73 Å². The van der Waals surface area contributed by atoms with Crippen molar-refractivity contribution in [2.75, 3.05) is 0 Å². The van der Waals surface area contributed by atoms with E-state index in [9.17, 15) is 0 Å². The van der Waals surface area contributed by atoms with Crippen molar-refractivity contribution in [2.45, 2.75) is 18.4 Å². The second kappa shape index (κ2) is 9.92. The second-order valence-corrected chi connectivity index (χ2v) is 8.21. The van der Waals surface area contributed by atoms with Gasteiger partial charge in [0.25, 0.3) is 0 Å². The predicted molar refractivity (Wildman–Crippen MR) is 133 cm³/mol. The fraction of sp³-hybridized carbons (Fsp3) is 0.120. The van der Waals surface area contributed by atoms with Crippen molar-refractivity contribution < 1.29 is 8.83 Å². The highest BCUT2D eigenvalue weighted by Crippen LogP contribution is 2.29. The Labute approximate surface area is 202 Å². The van der Waals surface area contributed by atoms with Crippen molar-refractivity contribution >= 4 is 40.2 Å². The number of rotatable bonds is 7. The summed E-state index contributed by atoms with van der Waals surface area (Å²) < 4.78 is 12.0. The molecule has 0 amide bonds. The van der Waals surface area contributed by atoms with E-state index in [2.05, 4.69) is 6.58 Å². The summed E-state index contributed by atoms with van der Waals surface area (Å²) in [5, 5.41) is 1.38. The molecule has 0 radical (unpaired) electrons. The molecule has 0 fully saturated rings. The monoisotopic (exact) mass is 517 g/mol. The fourth-order valence-corrected chi connectivity index (χ4v) is 3.59. The molecule has 31 heavy (non-hydrogen) atoms. The first-order valence-electron chi connectivity index (χ1n) is 9.56. The molecule has 0 aliphatic carbocycles. The topological polar surface area (TPSA) is 52.3 Å². The standard InChI is InChI=1S/C25H21Cl2NO2.BrH/c1-2-25(28,15-21-11-13-23(29-21)17-3-7-19(26)8-4-17)16-22-12-14-24(30-22)18-5-9-20(27)10-6-18;/h2-14H,1,15-16,28H2;1H. The normalized spacial score (nSPS) is 11.2. The summed E-state index contributed by atoms with van der Waals surface area (Å²) in [6, 6.07) is 22.8. The first kappa shape index (κ1) is 23.4. The third kappa shape index (κ3) is 5.72. The molecule has 0 aliphatic heterocycles. The number of hydrogen-bond acceptors (Lipinski definition) is 3. The van der Waals surface area contributed by atoms with Gasteiger partial charge in [-0.05, 0) is 72.8 Å². The molecule has 0 unspecified atom stereocenters. The van der Waals surface area contributed by atoms with E-state index in [1.165, 1.54) is 0 Å². The van der Waals surface area contributed by atoms with Crippen molar-refractivity contribution in [1.29, 1.82) is 0 Å². The summed E-state index contributed by atoms with van der Waals surface area (Å²) in [4.78, 5) is 0. The van der Waals surface area contributed by atoms with Crippen LogP contribution in [0.2, 0.25) is 10.0 Å². The minimum Gasteiger partial charge on any atom is -0.461 e. The molecule has 0 aliphatic rings. The van der Waals surface area contributed by atoms with E-state index in [1.807, 2.05) is 72.8 Å². The highest BCUT2D eigenvalue weighted by atomic mass is 79.9. The molecule has 2 aromatic carbocycles. The van der Waals surface area contributed by atoms with Gasteiger partial charge < -0.3 is 14.6 Å². The predicted octanol–water partition coefficient (Wildman–Crippen LogP) is 7.76. The molecule has 4 aromatic rings. The van der Waals surface area contributed by atoms with Crippen LogP contribution in [0.5, 0.6) is 0 Å². The van der Waals surface area contributed by atoms with Crippen LogP contribution in [-0.2, 0) is 12.8 Å². The molecule has 6 heteroatoms. The first-order valence-corrected chi connectivity index (χ1v) is 10.3. The number of benzene rings is 2. The molecule has 2 aromatic heterocycles. The summed E-state index contributed by atoms with van der Waals surface area (Å²) in [5.41, 5.74) is 7.85. The maximum atomic E-state index is 6.62. The van der Waals surface area contributed by atoms with Crippen LogP contribution in [0.1, 0.15) is 11.5 Å². The summed E-state index contributed by atoms with van der Waals surface area (Å²) in [5.74, 6) is 3.12. The van der Waals surface area contributed by atoms with Gasteiger partial charge in [-0.2, -0.15) is 0 Å². The third-order valence-electron chi connectivity index (χ3n) is 4.99. The lowest BCUT2D eigenvalue weighted by Crippen LogP contribution is -2.41. The van der Waals surface area contributed by atoms with Gasteiger partial charge in [-0.25, -0.2) is 0 Å². The zero-order valence-electron chi connectivity index (χ0n) is 16.7. The largest absolute Gasteiger partial charge is 0.461 e. The third-order valence-corrected chi connectivity index (χ3v) is 5.50. The Hall–Kier alpha value is -2.24. The van der Waals surface area contributed by atoms with Gasteiger partial charge in [0.2, 0.25) is 0 Å².